The van der Waals surface area contributed by atoms with Crippen LogP contribution in [0.1, 0.15) is 45.7 Å². The maximum atomic E-state index is 12.0. The molecule has 1 aromatic rings. The van der Waals surface area contributed by atoms with Crippen molar-refractivity contribution in [1.82, 2.24) is 9.71 Å². The van der Waals surface area contributed by atoms with Crippen LogP contribution in [0.25, 0.3) is 0 Å². The molecular weight excluding hydrogens is 317 g/mol. The van der Waals surface area contributed by atoms with Crippen molar-refractivity contribution in [3.8, 4) is 5.88 Å². The SMILES string of the molecule is C[C@@H](N[S+]([O-])C(C)(C)C)c1ccc(OCCC(F)(F)F)nc1. The van der Waals surface area contributed by atoms with Crippen molar-refractivity contribution in [3.63, 3.8) is 0 Å². The molecule has 0 spiro atoms. The van der Waals surface area contributed by atoms with Crippen molar-refractivity contribution < 1.29 is 22.5 Å². The quantitative estimate of drug-likeness (QED) is 0.806. The lowest BCUT2D eigenvalue weighted by atomic mass is 10.2. The number of nitrogens with one attached hydrogen (secondary N) is 1. The first-order valence-corrected chi connectivity index (χ1v) is 7.97. The molecule has 0 aliphatic carbocycles. The second-order valence-corrected chi connectivity index (χ2v) is 7.86. The van der Waals surface area contributed by atoms with Gasteiger partial charge >= 0.3 is 6.18 Å². The summed E-state index contributed by atoms with van der Waals surface area (Å²) in [6.07, 6.45) is -3.76. The van der Waals surface area contributed by atoms with Crippen LogP contribution in [-0.2, 0) is 11.4 Å². The summed E-state index contributed by atoms with van der Waals surface area (Å²) in [5, 5.41) is 0. The van der Waals surface area contributed by atoms with Gasteiger partial charge in [0.2, 0.25) is 5.88 Å². The number of rotatable bonds is 6. The van der Waals surface area contributed by atoms with E-state index in [0.717, 1.165) is 5.56 Å². The zero-order chi connectivity index (χ0) is 17.0. The number of pyridine rings is 1. The Labute approximate surface area is 131 Å². The fourth-order valence-corrected chi connectivity index (χ4v) is 2.22. The molecule has 0 aliphatic rings. The molecule has 22 heavy (non-hydrogen) atoms. The molecule has 0 saturated carbocycles. The van der Waals surface area contributed by atoms with Crippen LogP contribution >= 0.6 is 0 Å². The van der Waals surface area contributed by atoms with Gasteiger partial charge in [-0.3, -0.25) is 0 Å². The standard InChI is InChI=1S/C14H21F3N2O2S/c1-10(19-22(20)13(2,3)4)11-5-6-12(18-9-11)21-8-7-14(15,16)17/h5-6,9-10,19H,7-8H2,1-4H3/t10-,22?/m1/s1. The van der Waals surface area contributed by atoms with E-state index in [-0.39, 0.29) is 16.7 Å². The normalized spacial score (nSPS) is 15.5. The first-order valence-electron chi connectivity index (χ1n) is 6.82. The van der Waals surface area contributed by atoms with Crippen LogP contribution in [0.4, 0.5) is 13.2 Å². The minimum absolute atomic E-state index is 0.136. The van der Waals surface area contributed by atoms with Crippen molar-refractivity contribution in [2.24, 2.45) is 0 Å². The van der Waals surface area contributed by atoms with Gasteiger partial charge in [-0.2, -0.15) is 13.2 Å². The van der Waals surface area contributed by atoms with Crippen LogP contribution in [0, 0.1) is 0 Å². The molecule has 0 bridgehead atoms. The fraction of sp³-hybridized carbons (Fsp3) is 0.643. The molecule has 2 atom stereocenters. The van der Waals surface area contributed by atoms with E-state index in [1.165, 1.54) is 12.3 Å². The molecule has 0 aliphatic heterocycles. The van der Waals surface area contributed by atoms with Gasteiger partial charge in [0.1, 0.15) is 4.75 Å². The van der Waals surface area contributed by atoms with Gasteiger partial charge in [0, 0.05) is 23.6 Å². The number of nitrogens with zero attached hydrogens (tertiary/aromatic N) is 1. The van der Waals surface area contributed by atoms with Crippen LogP contribution in [0.2, 0.25) is 0 Å². The number of hydrogen-bond acceptors (Lipinski definition) is 4. The maximum Gasteiger partial charge on any atom is 0.392 e. The third kappa shape index (κ3) is 6.85. The van der Waals surface area contributed by atoms with E-state index in [1.54, 1.807) is 6.07 Å². The number of hydrogen-bond donors (Lipinski definition) is 1. The Bertz CT molecular complexity index is 461. The largest absolute Gasteiger partial charge is 0.598 e. The Hall–Kier alpha value is -0.990. The Morgan fingerprint density at radius 2 is 1.95 bits per heavy atom. The molecule has 1 N–H and O–H groups in total. The van der Waals surface area contributed by atoms with Crippen LogP contribution in [-0.4, -0.2) is 27.1 Å². The van der Waals surface area contributed by atoms with Crippen molar-refractivity contribution in [1.29, 1.82) is 0 Å². The summed E-state index contributed by atoms with van der Waals surface area (Å²) < 4.78 is 55.5. The number of ether oxygens (including phenoxy) is 1. The fourth-order valence-electron chi connectivity index (χ4n) is 1.41. The lowest BCUT2D eigenvalue weighted by Crippen LogP contribution is -2.40. The van der Waals surface area contributed by atoms with Gasteiger partial charge in [0.25, 0.3) is 0 Å². The van der Waals surface area contributed by atoms with E-state index in [0.29, 0.717) is 0 Å². The molecule has 1 unspecified atom stereocenters. The van der Waals surface area contributed by atoms with Crippen LogP contribution in [0.3, 0.4) is 0 Å². The average molecular weight is 338 g/mol. The highest BCUT2D eigenvalue weighted by atomic mass is 32.2. The lowest BCUT2D eigenvalue weighted by molar-refractivity contribution is -0.139. The van der Waals surface area contributed by atoms with Crippen LogP contribution in [0.15, 0.2) is 18.3 Å². The predicted octanol–water partition coefficient (Wildman–Crippen LogP) is 3.53. The Morgan fingerprint density at radius 3 is 2.41 bits per heavy atom. The molecule has 8 heteroatoms. The van der Waals surface area contributed by atoms with Crippen LogP contribution in [0.5, 0.6) is 5.88 Å². The van der Waals surface area contributed by atoms with Gasteiger partial charge < -0.3 is 9.29 Å². The molecule has 1 heterocycles. The minimum atomic E-state index is -4.24. The summed E-state index contributed by atoms with van der Waals surface area (Å²) in [6.45, 7) is 6.96. The molecule has 1 aromatic heterocycles. The smallest absolute Gasteiger partial charge is 0.392 e. The van der Waals surface area contributed by atoms with Crippen molar-refractivity contribution in [2.75, 3.05) is 6.61 Å². The molecular formula is C14H21F3N2O2S. The van der Waals surface area contributed by atoms with Crippen molar-refractivity contribution in [3.05, 3.63) is 23.9 Å². The molecule has 0 fully saturated rings. The lowest BCUT2D eigenvalue weighted by Gasteiger charge is -2.26. The number of aromatic nitrogens is 1. The summed E-state index contributed by atoms with van der Waals surface area (Å²) in [4.78, 5) is 3.96. The van der Waals surface area contributed by atoms with Crippen LogP contribution < -0.4 is 9.46 Å². The third-order valence-electron chi connectivity index (χ3n) is 2.73. The number of halogens is 3. The second-order valence-electron chi connectivity index (χ2n) is 5.86. The molecule has 0 amide bonds. The van der Waals surface area contributed by atoms with Gasteiger partial charge in [-0.25, -0.2) is 4.98 Å². The molecule has 126 valence electrons. The highest BCUT2D eigenvalue weighted by Crippen LogP contribution is 2.22. The Morgan fingerprint density at radius 1 is 1.32 bits per heavy atom. The minimum Gasteiger partial charge on any atom is -0.598 e. The molecule has 1 rings (SSSR count). The summed E-state index contributed by atoms with van der Waals surface area (Å²) in [6, 6.07) is 2.99. The zero-order valence-electron chi connectivity index (χ0n) is 13.0. The van der Waals surface area contributed by atoms with E-state index in [1.807, 2.05) is 27.7 Å². The average Bonchev–Trinajstić information content (AvgIpc) is 2.36. The summed E-state index contributed by atoms with van der Waals surface area (Å²) >= 11 is -1.22. The molecule has 0 aromatic carbocycles. The van der Waals surface area contributed by atoms with Crippen molar-refractivity contribution in [2.45, 2.75) is 51.1 Å². The monoisotopic (exact) mass is 338 g/mol. The predicted molar refractivity (Wildman–Crippen MR) is 79.9 cm³/mol. The summed E-state index contributed by atoms with van der Waals surface area (Å²) in [5.74, 6) is 0.136. The molecule has 0 radical (unpaired) electrons. The van der Waals surface area contributed by atoms with Gasteiger partial charge in [0.05, 0.1) is 19.1 Å². The highest BCUT2D eigenvalue weighted by Gasteiger charge is 2.28. The zero-order valence-corrected chi connectivity index (χ0v) is 13.8. The Kier molecular flexibility index (Phi) is 6.51. The number of alkyl halides is 3. The second kappa shape index (κ2) is 7.52. The van der Waals surface area contributed by atoms with E-state index < -0.39 is 30.6 Å². The third-order valence-corrected chi connectivity index (χ3v) is 4.41. The van der Waals surface area contributed by atoms with E-state index in [4.69, 9.17) is 4.74 Å². The first kappa shape index (κ1) is 19.1. The van der Waals surface area contributed by atoms with E-state index in [2.05, 4.69) is 9.71 Å². The maximum absolute atomic E-state index is 12.0. The summed E-state index contributed by atoms with van der Waals surface area (Å²) in [7, 11) is 0. The van der Waals surface area contributed by atoms with Gasteiger partial charge in [0.15, 0.2) is 0 Å². The van der Waals surface area contributed by atoms with E-state index >= 15 is 0 Å². The van der Waals surface area contributed by atoms with Gasteiger partial charge in [-0.1, -0.05) is 6.07 Å². The Balaban J connectivity index is 2.54. The first-order chi connectivity index (χ1) is 9.99. The van der Waals surface area contributed by atoms with Crippen molar-refractivity contribution >= 4 is 11.4 Å². The van der Waals surface area contributed by atoms with E-state index in [9.17, 15) is 17.7 Å². The topological polar surface area (TPSA) is 57.2 Å². The molecule has 4 nitrogen and oxygen atoms in total. The molecule has 0 saturated heterocycles. The summed E-state index contributed by atoms with van der Waals surface area (Å²) in [5.41, 5.74) is 0.778. The highest BCUT2D eigenvalue weighted by molar-refractivity contribution is 7.90. The van der Waals surface area contributed by atoms with Gasteiger partial charge in [-0.15, -0.1) is 4.72 Å². The van der Waals surface area contributed by atoms with Gasteiger partial charge in [-0.05, 0) is 33.3 Å².